The Kier molecular flexibility index (Phi) is 3.14. The van der Waals surface area contributed by atoms with Crippen LogP contribution in [0.25, 0.3) is 5.65 Å². The summed E-state index contributed by atoms with van der Waals surface area (Å²) in [6.45, 7) is 5.76. The van der Waals surface area contributed by atoms with Gasteiger partial charge in [-0.3, -0.25) is 4.79 Å². The van der Waals surface area contributed by atoms with Crippen LogP contribution in [0.2, 0.25) is 0 Å². The minimum atomic E-state index is 0.0670. The van der Waals surface area contributed by atoms with E-state index < -0.39 is 0 Å². The van der Waals surface area contributed by atoms with E-state index in [4.69, 9.17) is 0 Å². The molecule has 2 aromatic heterocycles. The molecule has 0 radical (unpaired) electrons. The Morgan fingerprint density at radius 2 is 2.27 bits per heavy atom. The molecule has 1 spiro atoms. The molecule has 2 saturated heterocycles. The highest BCUT2D eigenvalue weighted by Gasteiger charge is 2.39. The van der Waals surface area contributed by atoms with Crippen LogP contribution in [-0.4, -0.2) is 51.6 Å². The molecule has 1 amide bonds. The van der Waals surface area contributed by atoms with Crippen molar-refractivity contribution >= 4 is 11.6 Å². The van der Waals surface area contributed by atoms with Gasteiger partial charge in [0.2, 0.25) is 0 Å². The van der Waals surface area contributed by atoms with Crippen LogP contribution in [0.1, 0.15) is 35.2 Å². The maximum absolute atomic E-state index is 12.9. The highest BCUT2D eigenvalue weighted by Crippen LogP contribution is 2.36. The molecule has 1 unspecified atom stereocenters. The van der Waals surface area contributed by atoms with Crippen molar-refractivity contribution in [3.8, 4) is 0 Å². The molecule has 0 aromatic carbocycles. The highest BCUT2D eigenvalue weighted by atomic mass is 16.2. The Morgan fingerprint density at radius 3 is 3.09 bits per heavy atom. The van der Waals surface area contributed by atoms with Crippen molar-refractivity contribution in [2.24, 2.45) is 5.41 Å². The Balaban J connectivity index is 1.62. The molecule has 2 aromatic rings. The van der Waals surface area contributed by atoms with E-state index in [2.05, 4.69) is 15.4 Å². The van der Waals surface area contributed by atoms with Gasteiger partial charge in [-0.1, -0.05) is 0 Å². The van der Waals surface area contributed by atoms with Crippen LogP contribution in [-0.2, 0) is 0 Å². The number of aromatic nitrogens is 3. The number of hydrogen-bond donors (Lipinski definition) is 1. The van der Waals surface area contributed by atoms with Crippen LogP contribution < -0.4 is 5.32 Å². The van der Waals surface area contributed by atoms with E-state index in [-0.39, 0.29) is 11.3 Å². The number of nitrogens with one attached hydrogen (secondary N) is 1. The van der Waals surface area contributed by atoms with Crippen LogP contribution in [0.15, 0.2) is 18.6 Å². The summed E-state index contributed by atoms with van der Waals surface area (Å²) < 4.78 is 1.69. The third kappa shape index (κ3) is 2.18. The van der Waals surface area contributed by atoms with Gasteiger partial charge in [0.1, 0.15) is 5.56 Å². The lowest BCUT2D eigenvalue weighted by atomic mass is 9.79. The van der Waals surface area contributed by atoms with Crippen LogP contribution >= 0.6 is 0 Å². The van der Waals surface area contributed by atoms with Gasteiger partial charge in [-0.05, 0) is 38.3 Å². The van der Waals surface area contributed by atoms with Gasteiger partial charge in [-0.25, -0.2) is 9.50 Å². The van der Waals surface area contributed by atoms with Crippen molar-refractivity contribution in [2.75, 3.05) is 26.2 Å². The Bertz CT molecular complexity index is 716. The molecule has 2 aliphatic heterocycles. The smallest absolute Gasteiger partial charge is 0.259 e. The Morgan fingerprint density at radius 1 is 1.36 bits per heavy atom. The van der Waals surface area contributed by atoms with Crippen molar-refractivity contribution in [1.29, 1.82) is 0 Å². The summed E-state index contributed by atoms with van der Waals surface area (Å²) in [6.07, 6.45) is 8.81. The summed E-state index contributed by atoms with van der Waals surface area (Å²) in [5, 5.41) is 7.72. The number of carbonyl (C=O) groups excluding carboxylic acids is 1. The molecule has 6 nitrogen and oxygen atoms in total. The van der Waals surface area contributed by atoms with Crippen LogP contribution in [0.3, 0.4) is 0 Å². The van der Waals surface area contributed by atoms with Crippen LogP contribution in [0.5, 0.6) is 0 Å². The number of aryl methyl sites for hydroxylation is 1. The summed E-state index contributed by atoms with van der Waals surface area (Å²) >= 11 is 0. The summed E-state index contributed by atoms with van der Waals surface area (Å²) in [7, 11) is 0. The van der Waals surface area contributed by atoms with Gasteiger partial charge in [0.15, 0.2) is 5.65 Å². The number of amides is 1. The Hall–Kier alpha value is -1.95. The highest BCUT2D eigenvalue weighted by molar-refractivity contribution is 5.99. The van der Waals surface area contributed by atoms with Gasteiger partial charge >= 0.3 is 0 Å². The third-order valence-electron chi connectivity index (χ3n) is 5.00. The van der Waals surface area contributed by atoms with E-state index >= 15 is 0 Å². The molecule has 4 rings (SSSR count). The summed E-state index contributed by atoms with van der Waals surface area (Å²) in [5.41, 5.74) is 2.58. The maximum atomic E-state index is 12.9. The number of piperidine rings is 1. The number of fused-ring (bicyclic) bond motifs is 1. The zero-order valence-corrected chi connectivity index (χ0v) is 12.9. The van der Waals surface area contributed by atoms with Crippen molar-refractivity contribution in [2.45, 2.75) is 26.2 Å². The number of nitrogens with zero attached hydrogens (tertiary/aromatic N) is 4. The second-order valence-electron chi connectivity index (χ2n) is 6.71. The molecular formula is C16H21N5O. The van der Waals surface area contributed by atoms with Crippen LogP contribution in [0, 0.1) is 12.3 Å². The van der Waals surface area contributed by atoms with E-state index in [1.165, 1.54) is 12.8 Å². The maximum Gasteiger partial charge on any atom is 0.259 e. The predicted octanol–water partition coefficient (Wildman–Crippen LogP) is 1.25. The zero-order chi connectivity index (χ0) is 15.2. The molecular weight excluding hydrogens is 278 g/mol. The van der Waals surface area contributed by atoms with E-state index in [0.717, 1.165) is 38.2 Å². The molecule has 2 aliphatic rings. The van der Waals surface area contributed by atoms with Gasteiger partial charge in [0, 0.05) is 37.4 Å². The van der Waals surface area contributed by atoms with Crippen molar-refractivity contribution in [1.82, 2.24) is 24.8 Å². The first-order valence-electron chi connectivity index (χ1n) is 7.97. The zero-order valence-electron chi connectivity index (χ0n) is 12.9. The first-order chi connectivity index (χ1) is 10.7. The average molecular weight is 299 g/mol. The average Bonchev–Trinajstić information content (AvgIpc) is 3.13. The fraction of sp³-hybridized carbons (Fsp3) is 0.562. The molecule has 0 bridgehead atoms. The fourth-order valence-corrected chi connectivity index (χ4v) is 3.81. The first-order valence-corrected chi connectivity index (χ1v) is 7.97. The lowest BCUT2D eigenvalue weighted by Crippen LogP contribution is -2.47. The molecule has 2 fully saturated rings. The second kappa shape index (κ2) is 5.05. The largest absolute Gasteiger partial charge is 0.338 e. The van der Waals surface area contributed by atoms with Gasteiger partial charge < -0.3 is 10.2 Å². The minimum Gasteiger partial charge on any atom is -0.338 e. The standard InChI is InChI=1S/C16H21N5O/c1-12-7-18-14-13(8-19-21(14)9-12)15(22)20-6-2-3-16(11-20)4-5-17-10-16/h7-9,17H,2-6,10-11H2,1H3. The summed E-state index contributed by atoms with van der Waals surface area (Å²) in [5.74, 6) is 0.0670. The quantitative estimate of drug-likeness (QED) is 0.861. The molecule has 22 heavy (non-hydrogen) atoms. The van der Waals surface area contributed by atoms with Crippen molar-refractivity contribution in [3.05, 3.63) is 29.7 Å². The lowest BCUT2D eigenvalue weighted by Gasteiger charge is -2.39. The number of hydrogen-bond acceptors (Lipinski definition) is 4. The molecule has 6 heteroatoms. The first kappa shape index (κ1) is 13.7. The van der Waals surface area contributed by atoms with Crippen molar-refractivity contribution in [3.63, 3.8) is 0 Å². The number of carbonyl (C=O) groups is 1. The SMILES string of the molecule is Cc1cnc2c(C(=O)N3CCCC4(CCNC4)C3)cnn2c1. The van der Waals surface area contributed by atoms with E-state index in [9.17, 15) is 4.79 Å². The lowest BCUT2D eigenvalue weighted by molar-refractivity contribution is 0.0555. The predicted molar refractivity (Wildman–Crippen MR) is 82.8 cm³/mol. The van der Waals surface area contributed by atoms with E-state index in [1.54, 1.807) is 16.9 Å². The number of rotatable bonds is 1. The van der Waals surface area contributed by atoms with Gasteiger partial charge in [0.05, 0.1) is 6.20 Å². The molecule has 0 saturated carbocycles. The fourth-order valence-electron chi connectivity index (χ4n) is 3.81. The van der Waals surface area contributed by atoms with E-state index in [1.807, 2.05) is 18.0 Å². The normalized spacial score (nSPS) is 25.2. The third-order valence-corrected chi connectivity index (χ3v) is 5.00. The molecule has 1 atom stereocenters. The topological polar surface area (TPSA) is 62.5 Å². The van der Waals surface area contributed by atoms with Gasteiger partial charge in [0.25, 0.3) is 5.91 Å². The molecule has 116 valence electrons. The van der Waals surface area contributed by atoms with Crippen molar-refractivity contribution < 1.29 is 4.79 Å². The molecule has 1 N–H and O–H groups in total. The molecule has 0 aliphatic carbocycles. The number of likely N-dealkylation sites (tertiary alicyclic amines) is 1. The molecule has 4 heterocycles. The monoisotopic (exact) mass is 299 g/mol. The summed E-state index contributed by atoms with van der Waals surface area (Å²) in [4.78, 5) is 19.3. The second-order valence-corrected chi connectivity index (χ2v) is 6.71. The van der Waals surface area contributed by atoms with Gasteiger partial charge in [-0.2, -0.15) is 5.10 Å². The van der Waals surface area contributed by atoms with Gasteiger partial charge in [-0.15, -0.1) is 0 Å². The minimum absolute atomic E-state index is 0.0670. The summed E-state index contributed by atoms with van der Waals surface area (Å²) in [6, 6.07) is 0. The van der Waals surface area contributed by atoms with Crippen LogP contribution in [0.4, 0.5) is 0 Å². The van der Waals surface area contributed by atoms with E-state index in [0.29, 0.717) is 11.2 Å². The Labute approximate surface area is 129 Å².